The van der Waals surface area contributed by atoms with Gasteiger partial charge in [0.25, 0.3) is 0 Å². The van der Waals surface area contributed by atoms with Gasteiger partial charge in [-0.05, 0) is 10.4 Å². The van der Waals surface area contributed by atoms with Gasteiger partial charge in [0.2, 0.25) is 6.29 Å². The topological polar surface area (TPSA) is 60.7 Å². The maximum Gasteiger partial charge on any atom is 0.220 e. The van der Waals surface area contributed by atoms with Gasteiger partial charge >= 0.3 is 0 Å². The molecule has 0 aliphatic rings. The fourth-order valence-electron chi connectivity index (χ4n) is 0.521. The minimum absolute atomic E-state index is 0.401. The summed E-state index contributed by atoms with van der Waals surface area (Å²) >= 11 is 3.87. The van der Waals surface area contributed by atoms with E-state index in [9.17, 15) is 4.79 Å². The van der Waals surface area contributed by atoms with Crippen molar-refractivity contribution in [3.8, 4) is 0 Å². The van der Waals surface area contributed by atoms with Crippen LogP contribution in [0.1, 0.15) is 11.1 Å². The van der Waals surface area contributed by atoms with Crippen molar-refractivity contribution in [3.05, 3.63) is 5.82 Å². The predicted molar refractivity (Wildman–Crippen MR) is 36.2 cm³/mol. The highest BCUT2D eigenvalue weighted by Crippen LogP contribution is 2.10. The standard InChI is InChI=1S/C4H5N4OS/c1-8-4(3(10)2-9)5-6-7-8/h3,10H,1H3. The Labute approximate surface area is 62.8 Å². The van der Waals surface area contributed by atoms with Crippen molar-refractivity contribution in [1.82, 2.24) is 20.2 Å². The Hall–Kier alpha value is -0.910. The molecule has 0 aromatic carbocycles. The molecule has 1 heterocycles. The van der Waals surface area contributed by atoms with E-state index in [0.29, 0.717) is 5.82 Å². The Morgan fingerprint density at radius 1 is 1.80 bits per heavy atom. The van der Waals surface area contributed by atoms with Gasteiger partial charge < -0.3 is 0 Å². The number of aromatic nitrogens is 4. The van der Waals surface area contributed by atoms with Crippen molar-refractivity contribution >= 4 is 18.9 Å². The highest BCUT2D eigenvalue weighted by Gasteiger charge is 2.11. The summed E-state index contributed by atoms with van der Waals surface area (Å²) in [6.45, 7) is 0. The van der Waals surface area contributed by atoms with Crippen molar-refractivity contribution in [2.75, 3.05) is 0 Å². The summed E-state index contributed by atoms with van der Waals surface area (Å²) in [5, 5.41) is 9.74. The molecule has 1 unspecified atom stereocenters. The Morgan fingerprint density at radius 3 is 2.90 bits per heavy atom. The van der Waals surface area contributed by atoms with Gasteiger partial charge in [-0.3, -0.25) is 4.79 Å². The van der Waals surface area contributed by atoms with E-state index in [4.69, 9.17) is 0 Å². The van der Waals surface area contributed by atoms with E-state index in [1.54, 1.807) is 13.3 Å². The maximum atomic E-state index is 10.0. The Bertz CT molecular complexity index is 235. The van der Waals surface area contributed by atoms with Crippen LogP contribution in [0.3, 0.4) is 0 Å². The molecule has 1 radical (unpaired) electrons. The average Bonchev–Trinajstić information content (AvgIpc) is 2.34. The van der Waals surface area contributed by atoms with Gasteiger partial charge in [0, 0.05) is 7.05 Å². The number of hydrogen-bond acceptors (Lipinski definition) is 5. The molecule has 10 heavy (non-hydrogen) atoms. The van der Waals surface area contributed by atoms with Crippen LogP contribution in [-0.2, 0) is 11.8 Å². The smallest absolute Gasteiger partial charge is 0.220 e. The summed E-state index contributed by atoms with van der Waals surface area (Å²) in [6, 6.07) is 0. The second-order valence-electron chi connectivity index (χ2n) is 1.68. The quantitative estimate of drug-likeness (QED) is 0.576. The minimum atomic E-state index is -0.653. The zero-order chi connectivity index (χ0) is 7.56. The molecule has 0 saturated heterocycles. The number of thiol groups is 1. The van der Waals surface area contributed by atoms with Crippen molar-refractivity contribution in [2.24, 2.45) is 7.05 Å². The van der Waals surface area contributed by atoms with Crippen LogP contribution in [0.5, 0.6) is 0 Å². The average molecular weight is 157 g/mol. The van der Waals surface area contributed by atoms with E-state index < -0.39 is 5.25 Å². The third-order valence-corrected chi connectivity index (χ3v) is 1.35. The SMILES string of the molecule is Cn1nnnc1C(S)[C]=O. The first-order valence-electron chi connectivity index (χ1n) is 2.53. The molecule has 6 heteroatoms. The third kappa shape index (κ3) is 1.15. The van der Waals surface area contributed by atoms with Gasteiger partial charge in [-0.1, -0.05) is 0 Å². The highest BCUT2D eigenvalue weighted by molar-refractivity contribution is 7.81. The molecule has 53 valence electrons. The lowest BCUT2D eigenvalue weighted by molar-refractivity contribution is 0.550. The van der Waals surface area contributed by atoms with Crippen molar-refractivity contribution in [2.45, 2.75) is 5.25 Å². The minimum Gasteiger partial charge on any atom is -0.289 e. The Morgan fingerprint density at radius 2 is 2.50 bits per heavy atom. The zero-order valence-electron chi connectivity index (χ0n) is 5.22. The van der Waals surface area contributed by atoms with E-state index >= 15 is 0 Å². The van der Waals surface area contributed by atoms with Crippen LogP contribution in [0.2, 0.25) is 0 Å². The number of rotatable bonds is 2. The van der Waals surface area contributed by atoms with Crippen molar-refractivity contribution < 1.29 is 4.79 Å². The van der Waals surface area contributed by atoms with Crippen LogP contribution >= 0.6 is 12.6 Å². The molecule has 0 N–H and O–H groups in total. The van der Waals surface area contributed by atoms with Gasteiger partial charge in [-0.2, -0.15) is 12.6 Å². The van der Waals surface area contributed by atoms with Crippen LogP contribution in [0.15, 0.2) is 0 Å². The normalized spacial score (nSPS) is 13.0. The number of tetrazole rings is 1. The van der Waals surface area contributed by atoms with Crippen molar-refractivity contribution in [3.63, 3.8) is 0 Å². The molecule has 0 aliphatic heterocycles. The molecule has 5 nitrogen and oxygen atoms in total. The first-order chi connectivity index (χ1) is 4.75. The van der Waals surface area contributed by atoms with E-state index in [-0.39, 0.29) is 0 Å². The van der Waals surface area contributed by atoms with Crippen LogP contribution in [0, 0.1) is 0 Å². The molecule has 1 aromatic heterocycles. The molecule has 1 atom stereocenters. The van der Waals surface area contributed by atoms with Crippen molar-refractivity contribution in [1.29, 1.82) is 0 Å². The number of aryl methyl sites for hydroxylation is 1. The molecular weight excluding hydrogens is 152 g/mol. The van der Waals surface area contributed by atoms with Crippen LogP contribution < -0.4 is 0 Å². The van der Waals surface area contributed by atoms with Gasteiger partial charge in [0.15, 0.2) is 5.82 Å². The summed E-state index contributed by atoms with van der Waals surface area (Å²) in [4.78, 5) is 10.0. The summed E-state index contributed by atoms with van der Waals surface area (Å²) in [5.41, 5.74) is 0. The Balaban J connectivity index is 2.92. The molecule has 0 fully saturated rings. The molecule has 0 aliphatic carbocycles. The maximum absolute atomic E-state index is 10.0. The predicted octanol–water partition coefficient (Wildman–Crippen LogP) is -0.709. The van der Waals surface area contributed by atoms with Gasteiger partial charge in [0.05, 0.1) is 0 Å². The van der Waals surface area contributed by atoms with Gasteiger partial charge in [0.1, 0.15) is 5.25 Å². The second kappa shape index (κ2) is 2.78. The molecule has 0 saturated carbocycles. The lowest BCUT2D eigenvalue weighted by Gasteiger charge is -1.96. The fourth-order valence-corrected chi connectivity index (χ4v) is 0.739. The Kier molecular flexibility index (Phi) is 2.00. The van der Waals surface area contributed by atoms with Gasteiger partial charge in [-0.25, -0.2) is 4.68 Å². The number of carbonyl (C=O) groups excluding carboxylic acids is 1. The van der Waals surface area contributed by atoms with Crippen LogP contribution in [0.25, 0.3) is 0 Å². The second-order valence-corrected chi connectivity index (χ2v) is 2.20. The summed E-state index contributed by atoms with van der Waals surface area (Å²) in [7, 11) is 1.63. The van der Waals surface area contributed by atoms with E-state index in [1.807, 2.05) is 0 Å². The first-order valence-corrected chi connectivity index (χ1v) is 3.05. The molecule has 0 spiro atoms. The van der Waals surface area contributed by atoms with E-state index in [2.05, 4.69) is 28.2 Å². The molecule has 0 amide bonds. The largest absolute Gasteiger partial charge is 0.289 e. The highest BCUT2D eigenvalue weighted by atomic mass is 32.1. The third-order valence-electron chi connectivity index (χ3n) is 1.01. The molecule has 1 rings (SSSR count). The van der Waals surface area contributed by atoms with Crippen LogP contribution in [0.4, 0.5) is 0 Å². The fraction of sp³-hybridized carbons (Fsp3) is 0.500. The lowest BCUT2D eigenvalue weighted by Crippen LogP contribution is -2.02. The van der Waals surface area contributed by atoms with E-state index in [0.717, 1.165) is 0 Å². The summed E-state index contributed by atoms with van der Waals surface area (Å²) in [6.07, 6.45) is 1.66. The van der Waals surface area contributed by atoms with Gasteiger partial charge in [-0.15, -0.1) is 5.10 Å². The summed E-state index contributed by atoms with van der Waals surface area (Å²) < 4.78 is 1.38. The summed E-state index contributed by atoms with van der Waals surface area (Å²) in [5.74, 6) is 0.401. The number of hydrogen-bond donors (Lipinski definition) is 1. The molecular formula is C4H5N4OS. The monoisotopic (exact) mass is 157 g/mol. The molecule has 1 aromatic rings. The number of nitrogens with zero attached hydrogens (tertiary/aromatic N) is 4. The van der Waals surface area contributed by atoms with E-state index in [1.165, 1.54) is 4.68 Å². The lowest BCUT2D eigenvalue weighted by atomic mass is 10.4. The molecule has 0 bridgehead atoms. The first kappa shape index (κ1) is 7.20. The van der Waals surface area contributed by atoms with Crippen LogP contribution in [-0.4, -0.2) is 26.5 Å². The zero-order valence-corrected chi connectivity index (χ0v) is 6.12.